The molecule has 0 atom stereocenters. The van der Waals surface area contributed by atoms with Crippen LogP contribution in [-0.4, -0.2) is 41.1 Å². The molecule has 6 heteroatoms. The Labute approximate surface area is 153 Å². The number of rotatable bonds is 5. The highest BCUT2D eigenvalue weighted by atomic mass is 19.1. The molecule has 0 aliphatic carbocycles. The smallest absolute Gasteiger partial charge is 0.193 e. The van der Waals surface area contributed by atoms with Gasteiger partial charge in [0.25, 0.3) is 0 Å². The van der Waals surface area contributed by atoms with Gasteiger partial charge in [-0.05, 0) is 36.8 Å². The molecule has 0 aliphatic heterocycles. The van der Waals surface area contributed by atoms with Crippen LogP contribution in [0, 0.1) is 12.7 Å². The van der Waals surface area contributed by atoms with Crippen molar-refractivity contribution in [3.8, 4) is 0 Å². The molecule has 0 saturated heterocycles. The van der Waals surface area contributed by atoms with Gasteiger partial charge in [-0.25, -0.2) is 9.37 Å². The zero-order valence-electron chi connectivity index (χ0n) is 15.4. The van der Waals surface area contributed by atoms with E-state index in [0.717, 1.165) is 41.5 Å². The van der Waals surface area contributed by atoms with Gasteiger partial charge < -0.3 is 14.8 Å². The third kappa shape index (κ3) is 4.02. The molecule has 136 valence electrons. The summed E-state index contributed by atoms with van der Waals surface area (Å²) in [6, 6.07) is 14.7. The second-order valence-corrected chi connectivity index (χ2v) is 6.26. The van der Waals surface area contributed by atoms with E-state index in [-0.39, 0.29) is 5.82 Å². The van der Waals surface area contributed by atoms with E-state index >= 15 is 0 Å². The average molecular weight is 353 g/mol. The second-order valence-electron chi connectivity index (χ2n) is 6.26. The lowest BCUT2D eigenvalue weighted by Gasteiger charge is -2.22. The zero-order valence-corrected chi connectivity index (χ0v) is 15.4. The minimum atomic E-state index is -0.221. The highest BCUT2D eigenvalue weighted by Gasteiger charge is 2.09. The Bertz CT molecular complexity index is 898. The number of aromatic nitrogens is 2. The molecule has 3 aromatic rings. The molecule has 5 nitrogen and oxygen atoms in total. The standard InChI is InChI=1S/C20H24FN5/c1-15-24-18-6-4-5-7-19(18)26(15)13-12-23-20(22-2)25(3)14-16-8-10-17(21)11-9-16/h4-11H,12-14H2,1-3H3,(H,22,23). The number of nitrogens with one attached hydrogen (secondary N) is 1. The number of para-hydroxylation sites is 2. The van der Waals surface area contributed by atoms with Crippen LogP contribution in [-0.2, 0) is 13.1 Å². The number of hydrogen-bond acceptors (Lipinski definition) is 2. The number of guanidine groups is 1. The lowest BCUT2D eigenvalue weighted by Crippen LogP contribution is -2.39. The Morgan fingerprint density at radius 1 is 1.19 bits per heavy atom. The van der Waals surface area contributed by atoms with Crippen molar-refractivity contribution in [2.24, 2.45) is 4.99 Å². The molecule has 1 heterocycles. The highest BCUT2D eigenvalue weighted by molar-refractivity contribution is 5.79. The summed E-state index contributed by atoms with van der Waals surface area (Å²) >= 11 is 0. The minimum Gasteiger partial charge on any atom is -0.354 e. The predicted octanol–water partition coefficient (Wildman–Crippen LogP) is 3.19. The molecule has 0 saturated carbocycles. The molecule has 0 amide bonds. The fourth-order valence-electron chi connectivity index (χ4n) is 3.08. The number of benzene rings is 2. The maximum absolute atomic E-state index is 13.0. The lowest BCUT2D eigenvalue weighted by atomic mass is 10.2. The van der Waals surface area contributed by atoms with Gasteiger partial charge in [0.05, 0.1) is 11.0 Å². The first-order valence-corrected chi connectivity index (χ1v) is 8.66. The van der Waals surface area contributed by atoms with Crippen LogP contribution < -0.4 is 5.32 Å². The molecule has 0 radical (unpaired) electrons. The predicted molar refractivity (Wildman–Crippen MR) is 104 cm³/mol. The summed E-state index contributed by atoms with van der Waals surface area (Å²) in [6.07, 6.45) is 0. The first kappa shape index (κ1) is 17.9. The second kappa shape index (κ2) is 7.99. The van der Waals surface area contributed by atoms with Gasteiger partial charge >= 0.3 is 0 Å². The van der Waals surface area contributed by atoms with Crippen LogP contribution >= 0.6 is 0 Å². The van der Waals surface area contributed by atoms with Crippen LogP contribution in [0.25, 0.3) is 11.0 Å². The Hall–Kier alpha value is -2.89. The topological polar surface area (TPSA) is 45.5 Å². The lowest BCUT2D eigenvalue weighted by molar-refractivity contribution is 0.473. The Balaban J connectivity index is 1.60. The van der Waals surface area contributed by atoms with Gasteiger partial charge in [-0.1, -0.05) is 24.3 Å². The normalized spacial score (nSPS) is 11.8. The van der Waals surface area contributed by atoms with E-state index in [9.17, 15) is 4.39 Å². The number of halogens is 1. The maximum Gasteiger partial charge on any atom is 0.193 e. The summed E-state index contributed by atoms with van der Waals surface area (Å²) in [5, 5.41) is 3.38. The number of fused-ring (bicyclic) bond motifs is 1. The SMILES string of the molecule is CN=C(NCCn1c(C)nc2ccccc21)N(C)Cc1ccc(F)cc1. The van der Waals surface area contributed by atoms with Crippen molar-refractivity contribution in [3.05, 3.63) is 65.7 Å². The van der Waals surface area contributed by atoms with Crippen LogP contribution in [0.15, 0.2) is 53.5 Å². The van der Waals surface area contributed by atoms with Crippen molar-refractivity contribution < 1.29 is 4.39 Å². The van der Waals surface area contributed by atoms with Gasteiger partial charge in [0.15, 0.2) is 5.96 Å². The monoisotopic (exact) mass is 353 g/mol. The van der Waals surface area contributed by atoms with E-state index in [4.69, 9.17) is 0 Å². The van der Waals surface area contributed by atoms with E-state index in [1.165, 1.54) is 12.1 Å². The number of hydrogen-bond donors (Lipinski definition) is 1. The molecule has 0 unspecified atom stereocenters. The van der Waals surface area contributed by atoms with Crippen molar-refractivity contribution in [2.75, 3.05) is 20.6 Å². The van der Waals surface area contributed by atoms with Gasteiger partial charge in [-0.15, -0.1) is 0 Å². The summed E-state index contributed by atoms with van der Waals surface area (Å²) < 4.78 is 15.2. The van der Waals surface area contributed by atoms with Crippen molar-refractivity contribution in [2.45, 2.75) is 20.0 Å². The van der Waals surface area contributed by atoms with Crippen molar-refractivity contribution in [1.29, 1.82) is 0 Å². The molecule has 0 spiro atoms. The molecule has 2 aromatic carbocycles. The van der Waals surface area contributed by atoms with Crippen LogP contribution in [0.4, 0.5) is 4.39 Å². The molecule has 0 fully saturated rings. The van der Waals surface area contributed by atoms with Gasteiger partial charge in [0.2, 0.25) is 0 Å². The van der Waals surface area contributed by atoms with E-state index < -0.39 is 0 Å². The molecule has 0 aliphatic rings. The fraction of sp³-hybridized carbons (Fsp3) is 0.300. The number of aryl methyl sites for hydroxylation is 1. The third-order valence-electron chi connectivity index (χ3n) is 4.37. The molecular weight excluding hydrogens is 329 g/mol. The molecule has 1 N–H and O–H groups in total. The molecule has 1 aromatic heterocycles. The van der Waals surface area contributed by atoms with Gasteiger partial charge in [-0.2, -0.15) is 0 Å². The van der Waals surface area contributed by atoms with Crippen molar-refractivity contribution >= 4 is 17.0 Å². The number of aliphatic imine (C=N–C) groups is 1. The summed E-state index contributed by atoms with van der Waals surface area (Å²) in [6.45, 7) is 4.22. The first-order valence-electron chi connectivity index (χ1n) is 8.66. The average Bonchev–Trinajstić information content (AvgIpc) is 2.96. The van der Waals surface area contributed by atoms with E-state index in [1.54, 1.807) is 19.2 Å². The Morgan fingerprint density at radius 2 is 1.92 bits per heavy atom. The summed E-state index contributed by atoms with van der Waals surface area (Å²) in [4.78, 5) is 11.0. The largest absolute Gasteiger partial charge is 0.354 e. The van der Waals surface area contributed by atoms with Gasteiger partial charge in [0.1, 0.15) is 11.6 Å². The number of nitrogens with zero attached hydrogens (tertiary/aromatic N) is 4. The van der Waals surface area contributed by atoms with Crippen LogP contribution in [0.1, 0.15) is 11.4 Å². The highest BCUT2D eigenvalue weighted by Crippen LogP contribution is 2.14. The third-order valence-corrected chi connectivity index (χ3v) is 4.37. The van der Waals surface area contributed by atoms with E-state index in [2.05, 4.69) is 25.9 Å². The Morgan fingerprint density at radius 3 is 2.65 bits per heavy atom. The molecule has 26 heavy (non-hydrogen) atoms. The van der Waals surface area contributed by atoms with E-state index in [0.29, 0.717) is 6.54 Å². The van der Waals surface area contributed by atoms with E-state index in [1.807, 2.05) is 37.1 Å². The van der Waals surface area contributed by atoms with Crippen LogP contribution in [0.5, 0.6) is 0 Å². The van der Waals surface area contributed by atoms with Gasteiger partial charge in [0, 0.05) is 33.7 Å². The fourth-order valence-corrected chi connectivity index (χ4v) is 3.08. The summed E-state index contributed by atoms with van der Waals surface area (Å²) in [5.74, 6) is 1.58. The Kier molecular flexibility index (Phi) is 5.51. The van der Waals surface area contributed by atoms with Crippen molar-refractivity contribution in [1.82, 2.24) is 19.8 Å². The van der Waals surface area contributed by atoms with Crippen LogP contribution in [0.2, 0.25) is 0 Å². The molecule has 3 rings (SSSR count). The minimum absolute atomic E-state index is 0.221. The van der Waals surface area contributed by atoms with Crippen LogP contribution in [0.3, 0.4) is 0 Å². The van der Waals surface area contributed by atoms with Gasteiger partial charge in [-0.3, -0.25) is 4.99 Å². The zero-order chi connectivity index (χ0) is 18.5. The number of imidazole rings is 1. The summed E-state index contributed by atoms with van der Waals surface area (Å²) in [7, 11) is 3.73. The first-order chi connectivity index (χ1) is 12.6. The quantitative estimate of drug-likeness (QED) is 0.566. The van der Waals surface area contributed by atoms with Crippen molar-refractivity contribution in [3.63, 3.8) is 0 Å². The summed E-state index contributed by atoms with van der Waals surface area (Å²) in [5.41, 5.74) is 3.19. The molecule has 0 bridgehead atoms. The molecular formula is C20H24FN5. The maximum atomic E-state index is 13.0.